The first-order chi connectivity index (χ1) is 16.5. The van der Waals surface area contributed by atoms with E-state index in [1.165, 1.54) is 11.3 Å². The van der Waals surface area contributed by atoms with E-state index in [0.29, 0.717) is 31.2 Å². The molecule has 0 N–H and O–H groups in total. The first-order valence-corrected chi connectivity index (χ1v) is 13.1. The molecule has 6 nitrogen and oxygen atoms in total. The molecular weight excluding hydrogens is 444 g/mol. The van der Waals surface area contributed by atoms with E-state index in [1.807, 2.05) is 58.6 Å². The lowest BCUT2D eigenvalue weighted by Gasteiger charge is -2.29. The number of amides is 2. The molecule has 3 heterocycles. The van der Waals surface area contributed by atoms with Crippen molar-refractivity contribution in [2.45, 2.75) is 53.1 Å². The Bertz CT molecular complexity index is 1130. The molecule has 1 saturated heterocycles. The molecule has 0 atom stereocenters. The molecule has 0 radical (unpaired) electrons. The van der Waals surface area contributed by atoms with Crippen LogP contribution in [0.5, 0.6) is 0 Å². The van der Waals surface area contributed by atoms with Gasteiger partial charge in [0.1, 0.15) is 10.7 Å². The summed E-state index contributed by atoms with van der Waals surface area (Å²) in [5.74, 6) is 0.790. The van der Waals surface area contributed by atoms with Crippen molar-refractivity contribution < 1.29 is 9.59 Å². The molecule has 1 fully saturated rings. The third-order valence-electron chi connectivity index (χ3n) is 6.58. The average molecular weight is 479 g/mol. The van der Waals surface area contributed by atoms with Gasteiger partial charge in [-0.3, -0.25) is 9.59 Å². The summed E-state index contributed by atoms with van der Waals surface area (Å²) in [7, 11) is 0. The van der Waals surface area contributed by atoms with Gasteiger partial charge < -0.3 is 14.4 Å². The van der Waals surface area contributed by atoms with Gasteiger partial charge in [-0.05, 0) is 55.9 Å². The van der Waals surface area contributed by atoms with Gasteiger partial charge in [0.25, 0.3) is 11.8 Å². The Morgan fingerprint density at radius 2 is 1.91 bits per heavy atom. The molecule has 0 spiro atoms. The lowest BCUT2D eigenvalue weighted by Crippen LogP contribution is -2.38. The van der Waals surface area contributed by atoms with Crippen molar-refractivity contribution in [1.82, 2.24) is 19.4 Å². The van der Waals surface area contributed by atoms with E-state index in [1.54, 1.807) is 0 Å². The second-order valence-electron chi connectivity index (χ2n) is 9.27. The predicted octanol–water partition coefficient (Wildman–Crippen LogP) is 5.23. The molecule has 1 aliphatic rings. The Morgan fingerprint density at radius 1 is 1.15 bits per heavy atom. The van der Waals surface area contributed by atoms with E-state index < -0.39 is 0 Å². The minimum absolute atomic E-state index is 0.0417. The highest BCUT2D eigenvalue weighted by Crippen LogP contribution is 2.21. The second kappa shape index (κ2) is 11.0. The lowest BCUT2D eigenvalue weighted by atomic mass is 9.99. The van der Waals surface area contributed by atoms with Gasteiger partial charge in [0.2, 0.25) is 0 Å². The van der Waals surface area contributed by atoms with Crippen LogP contribution in [-0.2, 0) is 13.1 Å². The van der Waals surface area contributed by atoms with Crippen LogP contribution in [0.1, 0.15) is 70.2 Å². The Labute approximate surface area is 206 Å². The van der Waals surface area contributed by atoms with E-state index in [2.05, 4.69) is 29.5 Å². The van der Waals surface area contributed by atoms with Crippen LogP contribution in [0.3, 0.4) is 0 Å². The van der Waals surface area contributed by atoms with Crippen LogP contribution in [-0.4, -0.2) is 50.8 Å². The average Bonchev–Trinajstić information content (AvgIpc) is 3.49. The van der Waals surface area contributed by atoms with Gasteiger partial charge in [-0.1, -0.05) is 32.0 Å². The first kappa shape index (κ1) is 24.2. The SMILES string of the molecule is CCCN(Cc1cccn1Cc1nc(C(=O)N2CCC(C)CC2)cs1)C(=O)c1ccccc1C. The fourth-order valence-corrected chi connectivity index (χ4v) is 5.22. The molecule has 7 heteroatoms. The maximum Gasteiger partial charge on any atom is 0.273 e. The first-order valence-electron chi connectivity index (χ1n) is 12.2. The van der Waals surface area contributed by atoms with Crippen molar-refractivity contribution in [2.75, 3.05) is 19.6 Å². The molecule has 0 unspecified atom stereocenters. The minimum Gasteiger partial charge on any atom is -0.343 e. The smallest absolute Gasteiger partial charge is 0.273 e. The van der Waals surface area contributed by atoms with Crippen LogP contribution in [0.2, 0.25) is 0 Å². The number of thiazole rings is 1. The number of hydrogen-bond acceptors (Lipinski definition) is 4. The van der Waals surface area contributed by atoms with Crippen molar-refractivity contribution in [3.05, 3.63) is 75.5 Å². The topological polar surface area (TPSA) is 58.4 Å². The van der Waals surface area contributed by atoms with Crippen molar-refractivity contribution in [1.29, 1.82) is 0 Å². The van der Waals surface area contributed by atoms with Crippen LogP contribution in [0, 0.1) is 12.8 Å². The maximum absolute atomic E-state index is 13.3. The standard InChI is InChI=1S/C27H34N4O2S/c1-4-13-31(26(32)23-10-6-5-8-21(23)3)17-22-9-7-14-30(22)18-25-28-24(19-34-25)27(33)29-15-11-20(2)12-16-29/h5-10,14,19-20H,4,11-13,15-18H2,1-3H3. The third kappa shape index (κ3) is 5.58. The van der Waals surface area contributed by atoms with E-state index >= 15 is 0 Å². The molecule has 3 aromatic rings. The van der Waals surface area contributed by atoms with Crippen molar-refractivity contribution in [3.63, 3.8) is 0 Å². The summed E-state index contributed by atoms with van der Waals surface area (Å²) in [6, 6.07) is 11.8. The fourth-order valence-electron chi connectivity index (χ4n) is 4.45. The Hall–Kier alpha value is -2.93. The minimum atomic E-state index is 0.0417. The number of carbonyl (C=O) groups is 2. The lowest BCUT2D eigenvalue weighted by molar-refractivity contribution is 0.0690. The molecule has 1 aliphatic heterocycles. The quantitative estimate of drug-likeness (QED) is 0.446. The fraction of sp³-hybridized carbons (Fsp3) is 0.444. The van der Waals surface area contributed by atoms with Gasteiger partial charge in [0.05, 0.1) is 13.1 Å². The summed E-state index contributed by atoms with van der Waals surface area (Å²) < 4.78 is 2.13. The van der Waals surface area contributed by atoms with Crippen molar-refractivity contribution in [3.8, 4) is 0 Å². The van der Waals surface area contributed by atoms with E-state index in [-0.39, 0.29) is 11.8 Å². The summed E-state index contributed by atoms with van der Waals surface area (Å²) in [4.78, 5) is 34.6. The Morgan fingerprint density at radius 3 is 2.65 bits per heavy atom. The number of aromatic nitrogens is 2. The molecular formula is C27H34N4O2S. The van der Waals surface area contributed by atoms with Gasteiger partial charge in [0, 0.05) is 42.5 Å². The van der Waals surface area contributed by atoms with Crippen LogP contribution in [0.4, 0.5) is 0 Å². The molecule has 2 amide bonds. The monoisotopic (exact) mass is 478 g/mol. The second-order valence-corrected chi connectivity index (χ2v) is 10.2. The normalized spacial score (nSPS) is 14.4. The number of likely N-dealkylation sites (tertiary alicyclic amines) is 1. The summed E-state index contributed by atoms with van der Waals surface area (Å²) in [5, 5.41) is 2.78. The third-order valence-corrected chi connectivity index (χ3v) is 7.41. The molecule has 0 bridgehead atoms. The van der Waals surface area contributed by atoms with Gasteiger partial charge in [-0.25, -0.2) is 4.98 Å². The molecule has 4 rings (SSSR count). The van der Waals surface area contributed by atoms with E-state index in [0.717, 1.165) is 54.2 Å². The number of piperidine rings is 1. The molecule has 34 heavy (non-hydrogen) atoms. The molecule has 0 aliphatic carbocycles. The largest absolute Gasteiger partial charge is 0.343 e. The van der Waals surface area contributed by atoms with Gasteiger partial charge >= 0.3 is 0 Å². The van der Waals surface area contributed by atoms with Gasteiger partial charge in [0.15, 0.2) is 0 Å². The van der Waals surface area contributed by atoms with Gasteiger partial charge in [-0.15, -0.1) is 11.3 Å². The molecule has 1 aromatic carbocycles. The summed E-state index contributed by atoms with van der Waals surface area (Å²) in [6.07, 6.45) is 5.04. The van der Waals surface area contributed by atoms with Crippen LogP contribution in [0.25, 0.3) is 0 Å². The Balaban J connectivity index is 1.45. The highest BCUT2D eigenvalue weighted by molar-refractivity contribution is 7.09. The van der Waals surface area contributed by atoms with Crippen LogP contribution < -0.4 is 0 Å². The van der Waals surface area contributed by atoms with Gasteiger partial charge in [-0.2, -0.15) is 0 Å². The van der Waals surface area contributed by atoms with Crippen molar-refractivity contribution >= 4 is 23.2 Å². The zero-order chi connectivity index (χ0) is 24.1. The van der Waals surface area contributed by atoms with Crippen LogP contribution in [0.15, 0.2) is 48.0 Å². The van der Waals surface area contributed by atoms with Crippen molar-refractivity contribution in [2.24, 2.45) is 5.92 Å². The number of nitrogens with zero attached hydrogens (tertiary/aromatic N) is 4. The molecule has 0 saturated carbocycles. The maximum atomic E-state index is 13.3. The zero-order valence-electron chi connectivity index (χ0n) is 20.4. The van der Waals surface area contributed by atoms with Crippen LogP contribution >= 0.6 is 11.3 Å². The molecule has 2 aromatic heterocycles. The van der Waals surface area contributed by atoms with E-state index in [9.17, 15) is 9.59 Å². The molecule has 180 valence electrons. The summed E-state index contributed by atoms with van der Waals surface area (Å²) in [6.45, 7) is 9.77. The highest BCUT2D eigenvalue weighted by Gasteiger charge is 2.23. The summed E-state index contributed by atoms with van der Waals surface area (Å²) >= 11 is 1.52. The number of hydrogen-bond donors (Lipinski definition) is 0. The van der Waals surface area contributed by atoms with E-state index in [4.69, 9.17) is 0 Å². The number of aryl methyl sites for hydroxylation is 1. The number of benzene rings is 1. The Kier molecular flexibility index (Phi) is 7.83. The number of rotatable bonds is 8. The number of carbonyl (C=O) groups excluding carboxylic acids is 2. The predicted molar refractivity (Wildman–Crippen MR) is 136 cm³/mol. The summed E-state index contributed by atoms with van der Waals surface area (Å²) in [5.41, 5.74) is 3.35. The zero-order valence-corrected chi connectivity index (χ0v) is 21.2. The highest BCUT2D eigenvalue weighted by atomic mass is 32.1.